The van der Waals surface area contributed by atoms with Gasteiger partial charge in [-0.1, -0.05) is 17.7 Å². The first-order valence-electron chi connectivity index (χ1n) is 7.63. The average Bonchev–Trinajstić information content (AvgIpc) is 3.10. The van der Waals surface area contributed by atoms with E-state index in [0.717, 1.165) is 18.4 Å². The first-order chi connectivity index (χ1) is 10.9. The summed E-state index contributed by atoms with van der Waals surface area (Å²) < 4.78 is 13.2. The number of hydrogen-bond acceptors (Lipinski definition) is 3. The van der Waals surface area contributed by atoms with Gasteiger partial charge in [0.25, 0.3) is 0 Å². The van der Waals surface area contributed by atoms with Crippen molar-refractivity contribution < 1.29 is 19.1 Å². The van der Waals surface area contributed by atoms with Gasteiger partial charge in [0, 0.05) is 17.0 Å². The molecule has 5 nitrogen and oxygen atoms in total. The zero-order valence-corrected chi connectivity index (χ0v) is 13.2. The highest BCUT2D eigenvalue weighted by molar-refractivity contribution is 6.31. The largest absolute Gasteiger partial charge is 0.480 e. The molecule has 1 heterocycles. The van der Waals surface area contributed by atoms with E-state index in [9.17, 15) is 14.0 Å². The fourth-order valence-corrected chi connectivity index (χ4v) is 3.50. The lowest BCUT2D eigenvalue weighted by atomic mass is 9.95. The Labute approximate surface area is 138 Å². The number of carbonyl (C=O) groups is 2. The van der Waals surface area contributed by atoms with Gasteiger partial charge in [0.05, 0.1) is 6.04 Å². The smallest absolute Gasteiger partial charge is 0.320 e. The molecule has 0 spiro atoms. The van der Waals surface area contributed by atoms with Crippen molar-refractivity contribution in [1.82, 2.24) is 10.6 Å². The Kier molecular flexibility index (Phi) is 4.29. The Hall–Kier alpha value is -1.66. The van der Waals surface area contributed by atoms with Crippen molar-refractivity contribution in [1.29, 1.82) is 0 Å². The normalized spacial score (nSPS) is 25.1. The van der Waals surface area contributed by atoms with Crippen molar-refractivity contribution in [2.45, 2.75) is 43.2 Å². The third kappa shape index (κ3) is 3.33. The number of amides is 1. The quantitative estimate of drug-likeness (QED) is 0.764. The van der Waals surface area contributed by atoms with Crippen LogP contribution in [0.2, 0.25) is 5.02 Å². The van der Waals surface area contributed by atoms with E-state index in [2.05, 4.69) is 10.6 Å². The topological polar surface area (TPSA) is 78.4 Å². The third-order valence-corrected chi connectivity index (χ3v) is 5.03. The summed E-state index contributed by atoms with van der Waals surface area (Å²) in [5.41, 5.74) is 0.620. The molecule has 23 heavy (non-hydrogen) atoms. The van der Waals surface area contributed by atoms with E-state index in [1.165, 1.54) is 12.1 Å². The molecule has 2 fully saturated rings. The molecule has 3 N–H and O–H groups in total. The molecule has 2 atom stereocenters. The second-order valence-corrected chi connectivity index (χ2v) is 6.72. The van der Waals surface area contributed by atoms with E-state index in [-0.39, 0.29) is 17.1 Å². The summed E-state index contributed by atoms with van der Waals surface area (Å²) in [4.78, 5) is 23.1. The van der Waals surface area contributed by atoms with E-state index in [4.69, 9.17) is 16.7 Å². The van der Waals surface area contributed by atoms with Crippen LogP contribution in [0, 0.1) is 5.82 Å². The number of benzene rings is 1. The van der Waals surface area contributed by atoms with Crippen LogP contribution in [-0.2, 0) is 15.0 Å². The van der Waals surface area contributed by atoms with E-state index in [1.54, 1.807) is 6.07 Å². The number of carbonyl (C=O) groups excluding carboxylic acids is 1. The first kappa shape index (κ1) is 16.2. The van der Waals surface area contributed by atoms with Crippen LogP contribution in [0.25, 0.3) is 0 Å². The number of carboxylic acids is 1. The van der Waals surface area contributed by atoms with Gasteiger partial charge in [-0.25, -0.2) is 4.39 Å². The summed E-state index contributed by atoms with van der Waals surface area (Å²) in [5.74, 6) is -1.51. The van der Waals surface area contributed by atoms with E-state index in [1.807, 2.05) is 0 Å². The van der Waals surface area contributed by atoms with Gasteiger partial charge >= 0.3 is 5.97 Å². The summed E-state index contributed by atoms with van der Waals surface area (Å²) in [6, 6.07) is 3.20. The monoisotopic (exact) mass is 340 g/mol. The molecule has 7 heteroatoms. The van der Waals surface area contributed by atoms with Crippen LogP contribution in [-0.4, -0.2) is 35.6 Å². The van der Waals surface area contributed by atoms with Crippen molar-refractivity contribution in [2.75, 3.05) is 6.54 Å². The van der Waals surface area contributed by atoms with Crippen molar-refractivity contribution >= 4 is 23.5 Å². The second-order valence-electron chi connectivity index (χ2n) is 6.31. The average molecular weight is 341 g/mol. The van der Waals surface area contributed by atoms with Crippen LogP contribution in [0.1, 0.15) is 31.2 Å². The molecular formula is C16H18ClFN2O3. The fourth-order valence-electron chi connectivity index (χ4n) is 3.14. The van der Waals surface area contributed by atoms with Gasteiger partial charge in [-0.3, -0.25) is 14.9 Å². The standard InChI is InChI=1S/C16H18ClFN2O3/c17-11-7-9(18)1-2-10(11)16(5-6-16)8-19-14(21)12-3-4-13(20-12)15(22)23/h1-2,7,12-13,20H,3-6,8H2,(H,19,21)(H,22,23)/t12-,13+/m1/s1. The van der Waals surface area contributed by atoms with Gasteiger partial charge in [0.2, 0.25) is 5.91 Å². The molecule has 1 aromatic rings. The summed E-state index contributed by atoms with van der Waals surface area (Å²) in [6.45, 7) is 0.424. The Balaban J connectivity index is 1.60. The highest BCUT2D eigenvalue weighted by atomic mass is 35.5. The van der Waals surface area contributed by atoms with E-state index in [0.29, 0.717) is 24.4 Å². The van der Waals surface area contributed by atoms with Crippen molar-refractivity contribution in [3.8, 4) is 0 Å². The summed E-state index contributed by atoms with van der Waals surface area (Å²) in [7, 11) is 0. The van der Waals surface area contributed by atoms with Crippen molar-refractivity contribution in [2.24, 2.45) is 0 Å². The van der Waals surface area contributed by atoms with Crippen LogP contribution in [0.3, 0.4) is 0 Å². The van der Waals surface area contributed by atoms with Gasteiger partial charge in [-0.05, 0) is 43.4 Å². The van der Waals surface area contributed by atoms with E-state index >= 15 is 0 Å². The Morgan fingerprint density at radius 1 is 1.35 bits per heavy atom. The number of halogens is 2. The summed E-state index contributed by atoms with van der Waals surface area (Å²) >= 11 is 6.12. The lowest BCUT2D eigenvalue weighted by molar-refractivity contribution is -0.139. The highest BCUT2D eigenvalue weighted by Crippen LogP contribution is 2.50. The summed E-state index contributed by atoms with van der Waals surface area (Å²) in [6.07, 6.45) is 2.72. The minimum Gasteiger partial charge on any atom is -0.480 e. The molecule has 3 rings (SSSR count). The van der Waals surface area contributed by atoms with Crippen LogP contribution in [0.4, 0.5) is 4.39 Å². The van der Waals surface area contributed by atoms with Gasteiger partial charge in [0.15, 0.2) is 0 Å². The van der Waals surface area contributed by atoms with Crippen LogP contribution < -0.4 is 10.6 Å². The Bertz CT molecular complexity index is 648. The summed E-state index contributed by atoms with van der Waals surface area (Å²) in [5, 5.41) is 15.0. The molecule has 1 aliphatic carbocycles. The van der Waals surface area contributed by atoms with Crippen LogP contribution in [0.5, 0.6) is 0 Å². The first-order valence-corrected chi connectivity index (χ1v) is 8.01. The van der Waals surface area contributed by atoms with Crippen molar-refractivity contribution in [3.63, 3.8) is 0 Å². The molecular weight excluding hydrogens is 323 g/mol. The lowest BCUT2D eigenvalue weighted by Gasteiger charge is -2.20. The molecule has 0 unspecified atom stereocenters. The lowest BCUT2D eigenvalue weighted by Crippen LogP contribution is -2.46. The molecule has 0 bridgehead atoms. The van der Waals surface area contributed by atoms with Gasteiger partial charge in [-0.2, -0.15) is 0 Å². The van der Waals surface area contributed by atoms with Gasteiger partial charge in [-0.15, -0.1) is 0 Å². The maximum atomic E-state index is 13.2. The number of hydrogen-bond donors (Lipinski definition) is 3. The predicted molar refractivity (Wildman–Crippen MR) is 82.9 cm³/mol. The molecule has 1 aromatic carbocycles. The predicted octanol–water partition coefficient (Wildman–Crippen LogP) is 1.83. The van der Waals surface area contributed by atoms with E-state index < -0.39 is 18.1 Å². The molecule has 1 amide bonds. The molecule has 1 aliphatic heterocycles. The zero-order valence-electron chi connectivity index (χ0n) is 12.4. The zero-order chi connectivity index (χ0) is 16.6. The molecule has 124 valence electrons. The molecule has 0 aromatic heterocycles. The second kappa shape index (κ2) is 6.09. The molecule has 1 saturated carbocycles. The fraction of sp³-hybridized carbons (Fsp3) is 0.500. The maximum absolute atomic E-state index is 13.2. The van der Waals surface area contributed by atoms with Crippen LogP contribution >= 0.6 is 11.6 Å². The Morgan fingerprint density at radius 3 is 2.61 bits per heavy atom. The Morgan fingerprint density at radius 2 is 2.04 bits per heavy atom. The number of nitrogens with one attached hydrogen (secondary N) is 2. The number of carboxylic acid groups (broad SMARTS) is 1. The van der Waals surface area contributed by atoms with Crippen LogP contribution in [0.15, 0.2) is 18.2 Å². The minimum absolute atomic E-state index is 0.196. The molecule has 0 radical (unpaired) electrons. The SMILES string of the molecule is O=C(O)[C@@H]1CC[C@H](C(=O)NCC2(c3ccc(F)cc3Cl)CC2)N1. The maximum Gasteiger partial charge on any atom is 0.320 e. The minimum atomic E-state index is -0.933. The number of aliphatic carboxylic acids is 1. The third-order valence-electron chi connectivity index (χ3n) is 4.72. The molecule has 1 saturated heterocycles. The van der Waals surface area contributed by atoms with Crippen molar-refractivity contribution in [3.05, 3.63) is 34.6 Å². The highest BCUT2D eigenvalue weighted by Gasteiger charge is 2.46. The van der Waals surface area contributed by atoms with Gasteiger partial charge in [0.1, 0.15) is 11.9 Å². The van der Waals surface area contributed by atoms with Gasteiger partial charge < -0.3 is 10.4 Å². The number of rotatable bonds is 5. The molecule has 2 aliphatic rings.